The second-order valence-corrected chi connectivity index (χ2v) is 7.87. The number of hydrogen-bond acceptors (Lipinski definition) is 5. The van der Waals surface area contributed by atoms with Gasteiger partial charge in [0.15, 0.2) is 5.76 Å². The van der Waals surface area contributed by atoms with Crippen molar-refractivity contribution in [3.8, 4) is 0 Å². The second kappa shape index (κ2) is 7.32. The fourth-order valence-corrected chi connectivity index (χ4v) is 2.45. The third-order valence-corrected chi connectivity index (χ3v) is 3.86. The maximum atomic E-state index is 12.6. The van der Waals surface area contributed by atoms with Crippen LogP contribution in [0.4, 0.5) is 5.69 Å². The molecular formula is C20H26N2O4. The van der Waals surface area contributed by atoms with Gasteiger partial charge in [0.05, 0.1) is 12.3 Å². The summed E-state index contributed by atoms with van der Waals surface area (Å²) in [5.41, 5.74) is 1.65. The SMILES string of the molecule is CNC1=C(OCC(C)(C)C)C(=O)C(=O)c2cc(NC(=O)C(C)C)ccc21. The molecule has 0 aliphatic heterocycles. The molecule has 0 aromatic heterocycles. The van der Waals surface area contributed by atoms with Gasteiger partial charge in [-0.2, -0.15) is 0 Å². The monoisotopic (exact) mass is 358 g/mol. The van der Waals surface area contributed by atoms with Gasteiger partial charge in [-0.1, -0.05) is 34.6 Å². The molecule has 0 saturated carbocycles. The number of anilines is 1. The number of allylic oxidation sites excluding steroid dienone is 1. The Bertz CT molecular complexity index is 785. The van der Waals surface area contributed by atoms with Gasteiger partial charge in [0.25, 0.3) is 5.78 Å². The van der Waals surface area contributed by atoms with Crippen LogP contribution in [0.5, 0.6) is 0 Å². The molecule has 2 rings (SSSR count). The number of carbonyl (C=O) groups excluding carboxylic acids is 3. The average molecular weight is 358 g/mol. The molecule has 0 saturated heterocycles. The van der Waals surface area contributed by atoms with E-state index in [9.17, 15) is 14.4 Å². The van der Waals surface area contributed by atoms with E-state index < -0.39 is 11.6 Å². The molecule has 0 spiro atoms. The van der Waals surface area contributed by atoms with E-state index in [-0.39, 0.29) is 28.6 Å². The summed E-state index contributed by atoms with van der Waals surface area (Å²) in [5.74, 6) is -1.62. The number of carbonyl (C=O) groups is 3. The van der Waals surface area contributed by atoms with E-state index in [1.807, 2.05) is 20.8 Å². The molecule has 140 valence electrons. The quantitative estimate of drug-likeness (QED) is 0.791. The first-order chi connectivity index (χ1) is 12.0. The Morgan fingerprint density at radius 3 is 2.31 bits per heavy atom. The molecule has 0 heterocycles. The van der Waals surface area contributed by atoms with Gasteiger partial charge in [0.1, 0.15) is 0 Å². The van der Waals surface area contributed by atoms with E-state index in [2.05, 4.69) is 10.6 Å². The van der Waals surface area contributed by atoms with Gasteiger partial charge in [-0.3, -0.25) is 14.4 Å². The van der Waals surface area contributed by atoms with Crippen molar-refractivity contribution in [1.29, 1.82) is 0 Å². The summed E-state index contributed by atoms with van der Waals surface area (Å²) in [5, 5.41) is 5.72. The third-order valence-electron chi connectivity index (χ3n) is 3.86. The summed E-state index contributed by atoms with van der Waals surface area (Å²) in [6, 6.07) is 4.95. The Morgan fingerprint density at radius 2 is 1.77 bits per heavy atom. The summed E-state index contributed by atoms with van der Waals surface area (Å²) in [6.45, 7) is 9.83. The molecule has 6 nitrogen and oxygen atoms in total. The number of rotatable bonds is 5. The predicted molar refractivity (Wildman–Crippen MR) is 101 cm³/mol. The number of ether oxygens (including phenoxy) is 1. The number of Topliss-reactive ketones (excluding diaryl/α,β-unsaturated/α-hetero) is 2. The van der Waals surface area contributed by atoms with Crippen LogP contribution < -0.4 is 10.6 Å². The van der Waals surface area contributed by atoms with E-state index >= 15 is 0 Å². The van der Waals surface area contributed by atoms with Crippen LogP contribution in [-0.2, 0) is 14.3 Å². The highest BCUT2D eigenvalue weighted by molar-refractivity contribution is 6.52. The van der Waals surface area contributed by atoms with Crippen molar-refractivity contribution in [3.05, 3.63) is 35.1 Å². The van der Waals surface area contributed by atoms with Crippen LogP contribution in [0.3, 0.4) is 0 Å². The van der Waals surface area contributed by atoms with Crippen LogP contribution in [0, 0.1) is 11.3 Å². The fourth-order valence-electron chi connectivity index (χ4n) is 2.45. The largest absolute Gasteiger partial charge is 0.487 e. The molecular weight excluding hydrogens is 332 g/mol. The Kier molecular flexibility index (Phi) is 5.54. The van der Waals surface area contributed by atoms with E-state index in [4.69, 9.17) is 4.74 Å². The number of hydrogen-bond donors (Lipinski definition) is 2. The maximum Gasteiger partial charge on any atom is 0.270 e. The molecule has 0 radical (unpaired) electrons. The first-order valence-corrected chi connectivity index (χ1v) is 8.64. The van der Waals surface area contributed by atoms with Gasteiger partial charge in [0.2, 0.25) is 11.7 Å². The van der Waals surface area contributed by atoms with Gasteiger partial charge in [0, 0.05) is 29.8 Å². The summed E-state index contributed by atoms with van der Waals surface area (Å²) in [4.78, 5) is 37.0. The lowest BCUT2D eigenvalue weighted by Crippen LogP contribution is -2.31. The lowest BCUT2D eigenvalue weighted by atomic mass is 9.90. The van der Waals surface area contributed by atoms with Gasteiger partial charge >= 0.3 is 0 Å². The molecule has 1 aromatic carbocycles. The minimum absolute atomic E-state index is 0.0406. The molecule has 1 amide bonds. The summed E-state index contributed by atoms with van der Waals surface area (Å²) >= 11 is 0. The highest BCUT2D eigenvalue weighted by Crippen LogP contribution is 2.31. The molecule has 0 fully saturated rings. The van der Waals surface area contributed by atoms with E-state index in [0.717, 1.165) is 0 Å². The van der Waals surface area contributed by atoms with Crippen LogP contribution in [0.25, 0.3) is 5.70 Å². The molecule has 26 heavy (non-hydrogen) atoms. The first-order valence-electron chi connectivity index (χ1n) is 8.64. The molecule has 0 unspecified atom stereocenters. The van der Waals surface area contributed by atoms with Crippen molar-refractivity contribution in [2.75, 3.05) is 19.0 Å². The van der Waals surface area contributed by atoms with Crippen LogP contribution >= 0.6 is 0 Å². The molecule has 1 aliphatic carbocycles. The molecule has 1 aromatic rings. The number of nitrogens with one attached hydrogen (secondary N) is 2. The molecule has 0 atom stereocenters. The van der Waals surface area contributed by atoms with Crippen LogP contribution in [0.2, 0.25) is 0 Å². The summed E-state index contributed by atoms with van der Waals surface area (Å²) in [6.07, 6.45) is 0. The lowest BCUT2D eigenvalue weighted by molar-refractivity contribution is -0.119. The van der Waals surface area contributed by atoms with Crippen LogP contribution in [0.1, 0.15) is 50.5 Å². The molecule has 0 bridgehead atoms. The molecule has 2 N–H and O–H groups in total. The zero-order chi connectivity index (χ0) is 19.6. The normalized spacial score (nSPS) is 14.4. The predicted octanol–water partition coefficient (Wildman–Crippen LogP) is 3.00. The Balaban J connectivity index is 2.44. The maximum absolute atomic E-state index is 12.6. The second-order valence-electron chi connectivity index (χ2n) is 7.87. The van der Waals surface area contributed by atoms with E-state index in [0.29, 0.717) is 23.6 Å². The zero-order valence-corrected chi connectivity index (χ0v) is 16.1. The zero-order valence-electron chi connectivity index (χ0n) is 16.1. The van der Waals surface area contributed by atoms with Crippen molar-refractivity contribution in [2.24, 2.45) is 11.3 Å². The Hall–Kier alpha value is -2.63. The minimum Gasteiger partial charge on any atom is -0.487 e. The lowest BCUT2D eigenvalue weighted by Gasteiger charge is -2.25. The Labute approximate surface area is 154 Å². The summed E-state index contributed by atoms with van der Waals surface area (Å²) < 4.78 is 5.69. The van der Waals surface area contributed by atoms with E-state index in [1.165, 1.54) is 6.07 Å². The van der Waals surface area contributed by atoms with Crippen LogP contribution in [-0.4, -0.2) is 31.1 Å². The van der Waals surface area contributed by atoms with Crippen molar-refractivity contribution >= 4 is 28.9 Å². The minimum atomic E-state index is -0.682. The van der Waals surface area contributed by atoms with Gasteiger partial charge in [-0.15, -0.1) is 0 Å². The molecule has 6 heteroatoms. The molecule has 1 aliphatic rings. The highest BCUT2D eigenvalue weighted by Gasteiger charge is 2.35. The van der Waals surface area contributed by atoms with Gasteiger partial charge in [-0.25, -0.2) is 0 Å². The number of amides is 1. The standard InChI is InChI=1S/C20H26N2O4/c1-11(2)19(25)22-12-7-8-13-14(9-12)16(23)17(24)18(15(13)21-6)26-10-20(3,4)5/h7-9,11,21H,10H2,1-6H3,(H,22,25). The van der Waals surface area contributed by atoms with Crippen molar-refractivity contribution in [1.82, 2.24) is 5.32 Å². The van der Waals surface area contributed by atoms with E-state index in [1.54, 1.807) is 33.0 Å². The summed E-state index contributed by atoms with van der Waals surface area (Å²) in [7, 11) is 1.68. The number of benzene rings is 1. The highest BCUT2D eigenvalue weighted by atomic mass is 16.5. The van der Waals surface area contributed by atoms with Gasteiger partial charge in [-0.05, 0) is 23.6 Å². The van der Waals surface area contributed by atoms with Crippen molar-refractivity contribution in [2.45, 2.75) is 34.6 Å². The number of ketones is 2. The topological polar surface area (TPSA) is 84.5 Å². The van der Waals surface area contributed by atoms with Gasteiger partial charge < -0.3 is 15.4 Å². The number of fused-ring (bicyclic) bond motifs is 1. The smallest absolute Gasteiger partial charge is 0.270 e. The third kappa shape index (κ3) is 4.12. The average Bonchev–Trinajstić information content (AvgIpc) is 2.56. The Morgan fingerprint density at radius 1 is 1.12 bits per heavy atom. The van der Waals surface area contributed by atoms with Crippen LogP contribution in [0.15, 0.2) is 24.0 Å². The van der Waals surface area contributed by atoms with Crippen molar-refractivity contribution < 1.29 is 19.1 Å². The fraction of sp³-hybridized carbons (Fsp3) is 0.450. The first kappa shape index (κ1) is 19.7. The van der Waals surface area contributed by atoms with Crippen molar-refractivity contribution in [3.63, 3.8) is 0 Å².